The van der Waals surface area contributed by atoms with Crippen molar-refractivity contribution in [2.24, 2.45) is 0 Å². The van der Waals surface area contributed by atoms with Gasteiger partial charge in [-0.3, -0.25) is 4.79 Å². The monoisotopic (exact) mass is 270 g/mol. The Bertz CT molecular complexity index is 401. The van der Waals surface area contributed by atoms with Crippen LogP contribution in [-0.2, 0) is 0 Å². The summed E-state index contributed by atoms with van der Waals surface area (Å²) in [6, 6.07) is 3.49. The molecule has 0 amide bonds. The number of Topliss-reactive ketones (excluding diaryl/α,β-unsaturated/α-hetero) is 1. The molecule has 0 unspecified atom stereocenters. The molecule has 0 aromatic heterocycles. The number of benzene rings is 1. The lowest BCUT2D eigenvalue weighted by Crippen LogP contribution is -1.97. The van der Waals surface area contributed by atoms with Crippen molar-refractivity contribution in [3.8, 4) is 11.5 Å². The number of fused-ring (bicyclic) bond motifs is 1. The summed E-state index contributed by atoms with van der Waals surface area (Å²) < 4.78 is 11.8. The van der Waals surface area contributed by atoms with Gasteiger partial charge in [-0.1, -0.05) is 0 Å². The van der Waals surface area contributed by atoms with Crippen molar-refractivity contribution in [3.63, 3.8) is 0 Å². The Labute approximate surface area is 96.5 Å². The van der Waals surface area contributed by atoms with Gasteiger partial charge in [0, 0.05) is 12.0 Å². The van der Waals surface area contributed by atoms with Gasteiger partial charge in [-0.15, -0.1) is 0 Å². The maximum absolute atomic E-state index is 11.3. The zero-order chi connectivity index (χ0) is 10.8. The Kier molecular flexibility index (Phi) is 2.95. The van der Waals surface area contributed by atoms with E-state index in [1.54, 1.807) is 12.1 Å². The summed E-state index contributed by atoms with van der Waals surface area (Å²) in [5.41, 5.74) is 0.631. The number of ketones is 1. The number of hydrogen-bond donors (Lipinski definition) is 0. The fraction of sp³-hybridized carbons (Fsp3) is 0.364. The molecule has 0 N–H and O–H groups in total. The van der Waals surface area contributed by atoms with Gasteiger partial charge in [0.2, 0.25) is 0 Å². The van der Waals surface area contributed by atoms with Gasteiger partial charge in [-0.25, -0.2) is 0 Å². The topological polar surface area (TPSA) is 35.5 Å². The number of hydrogen-bond acceptors (Lipinski definition) is 3. The van der Waals surface area contributed by atoms with Gasteiger partial charge in [0.1, 0.15) is 0 Å². The van der Waals surface area contributed by atoms with Crippen LogP contribution in [0.2, 0.25) is 0 Å². The molecule has 80 valence electrons. The Balaban J connectivity index is 2.48. The molecule has 1 aromatic carbocycles. The van der Waals surface area contributed by atoms with Crippen LogP contribution in [-0.4, -0.2) is 19.0 Å². The van der Waals surface area contributed by atoms with E-state index in [4.69, 9.17) is 9.47 Å². The maximum Gasteiger partial charge on any atom is 0.175 e. The van der Waals surface area contributed by atoms with Gasteiger partial charge < -0.3 is 9.47 Å². The summed E-state index contributed by atoms with van der Waals surface area (Å²) in [7, 11) is 0. The molecule has 1 aromatic rings. The molecule has 1 aliphatic rings. The van der Waals surface area contributed by atoms with Crippen LogP contribution in [0.1, 0.15) is 23.7 Å². The second-order valence-corrected chi connectivity index (χ2v) is 4.25. The van der Waals surface area contributed by atoms with Crippen LogP contribution in [0, 0.1) is 0 Å². The van der Waals surface area contributed by atoms with E-state index in [2.05, 4.69) is 15.9 Å². The first-order chi connectivity index (χ1) is 7.18. The smallest absolute Gasteiger partial charge is 0.175 e. The molecule has 1 aliphatic heterocycles. The first-order valence-corrected chi connectivity index (χ1v) is 5.58. The molecule has 0 aliphatic carbocycles. The van der Waals surface area contributed by atoms with E-state index in [0.717, 1.165) is 10.9 Å². The maximum atomic E-state index is 11.3. The number of ether oxygens (including phenoxy) is 2. The molecule has 0 atom stereocenters. The lowest BCUT2D eigenvalue weighted by atomic mass is 10.1. The third-order valence-corrected chi connectivity index (χ3v) is 2.80. The fourth-order valence-corrected chi connectivity index (χ4v) is 1.99. The lowest BCUT2D eigenvalue weighted by Gasteiger charge is -2.10. The van der Waals surface area contributed by atoms with Crippen LogP contribution in [0.4, 0.5) is 0 Å². The van der Waals surface area contributed by atoms with Crippen LogP contribution >= 0.6 is 15.9 Å². The van der Waals surface area contributed by atoms with Crippen LogP contribution in [0.3, 0.4) is 0 Å². The first kappa shape index (κ1) is 10.5. The molecule has 0 saturated heterocycles. The molecule has 0 bridgehead atoms. The second kappa shape index (κ2) is 4.23. The summed E-state index contributed by atoms with van der Waals surface area (Å²) in [5, 5.41) is 0. The molecule has 1 heterocycles. The average molecular weight is 271 g/mol. The quantitative estimate of drug-likeness (QED) is 0.737. The number of rotatable bonds is 1. The van der Waals surface area contributed by atoms with Crippen molar-refractivity contribution in [3.05, 3.63) is 22.2 Å². The van der Waals surface area contributed by atoms with Gasteiger partial charge in [0.25, 0.3) is 0 Å². The number of carbonyl (C=O) groups is 1. The van der Waals surface area contributed by atoms with Crippen molar-refractivity contribution in [2.45, 2.75) is 13.3 Å². The van der Waals surface area contributed by atoms with E-state index in [-0.39, 0.29) is 5.78 Å². The van der Waals surface area contributed by atoms with Gasteiger partial charge in [-0.2, -0.15) is 0 Å². The summed E-state index contributed by atoms with van der Waals surface area (Å²) in [6.07, 6.45) is 0.858. The highest BCUT2D eigenvalue weighted by Gasteiger charge is 2.16. The highest BCUT2D eigenvalue weighted by molar-refractivity contribution is 9.10. The Hall–Kier alpha value is -1.03. The molecule has 3 nitrogen and oxygen atoms in total. The normalized spacial score (nSPS) is 14.5. The molecule has 0 spiro atoms. The van der Waals surface area contributed by atoms with Crippen molar-refractivity contribution < 1.29 is 14.3 Å². The van der Waals surface area contributed by atoms with Crippen molar-refractivity contribution >= 4 is 21.7 Å². The molecule has 2 rings (SSSR count). The minimum Gasteiger partial charge on any atom is -0.489 e. The molecule has 4 heteroatoms. The average Bonchev–Trinajstić information content (AvgIpc) is 2.42. The number of carbonyl (C=O) groups excluding carboxylic acids is 1. The molecule has 15 heavy (non-hydrogen) atoms. The Morgan fingerprint density at radius 3 is 2.80 bits per heavy atom. The second-order valence-electron chi connectivity index (χ2n) is 3.39. The van der Waals surface area contributed by atoms with E-state index in [0.29, 0.717) is 30.3 Å². The van der Waals surface area contributed by atoms with Gasteiger partial charge in [0.05, 0.1) is 17.7 Å². The summed E-state index contributed by atoms with van der Waals surface area (Å²) in [6.45, 7) is 2.80. The standard InChI is InChI=1S/C11H11BrO3/c1-7(13)8-5-9(12)11-10(6-8)14-3-2-4-15-11/h5-6H,2-4H2,1H3. The molecular formula is C11H11BrO3. The highest BCUT2D eigenvalue weighted by atomic mass is 79.9. The van der Waals surface area contributed by atoms with E-state index in [1.165, 1.54) is 6.92 Å². The van der Waals surface area contributed by atoms with Crippen molar-refractivity contribution in [1.82, 2.24) is 0 Å². The van der Waals surface area contributed by atoms with Crippen LogP contribution in [0.25, 0.3) is 0 Å². The minimum absolute atomic E-state index is 0.0198. The van der Waals surface area contributed by atoms with E-state index < -0.39 is 0 Å². The SMILES string of the molecule is CC(=O)c1cc(Br)c2c(c1)OCCCO2. The third-order valence-electron chi connectivity index (χ3n) is 2.21. The molecule has 0 saturated carbocycles. The minimum atomic E-state index is 0.0198. The largest absolute Gasteiger partial charge is 0.489 e. The van der Waals surface area contributed by atoms with Crippen LogP contribution < -0.4 is 9.47 Å². The Morgan fingerprint density at radius 2 is 2.07 bits per heavy atom. The summed E-state index contributed by atoms with van der Waals surface area (Å²) in [4.78, 5) is 11.3. The van der Waals surface area contributed by atoms with Crippen molar-refractivity contribution in [2.75, 3.05) is 13.2 Å². The zero-order valence-corrected chi connectivity index (χ0v) is 9.96. The first-order valence-electron chi connectivity index (χ1n) is 4.78. The van der Waals surface area contributed by atoms with Gasteiger partial charge >= 0.3 is 0 Å². The van der Waals surface area contributed by atoms with E-state index in [9.17, 15) is 4.79 Å². The van der Waals surface area contributed by atoms with Crippen LogP contribution in [0.15, 0.2) is 16.6 Å². The van der Waals surface area contributed by atoms with Gasteiger partial charge in [0.15, 0.2) is 17.3 Å². The lowest BCUT2D eigenvalue weighted by molar-refractivity contribution is 0.101. The molecular weight excluding hydrogens is 260 g/mol. The highest BCUT2D eigenvalue weighted by Crippen LogP contribution is 2.38. The van der Waals surface area contributed by atoms with Gasteiger partial charge in [-0.05, 0) is 35.0 Å². The Morgan fingerprint density at radius 1 is 1.33 bits per heavy atom. The summed E-state index contributed by atoms with van der Waals surface area (Å²) in [5.74, 6) is 1.36. The number of halogens is 1. The predicted octanol–water partition coefficient (Wildman–Crippen LogP) is 2.81. The summed E-state index contributed by atoms with van der Waals surface area (Å²) >= 11 is 3.38. The zero-order valence-electron chi connectivity index (χ0n) is 8.38. The third kappa shape index (κ3) is 2.15. The van der Waals surface area contributed by atoms with E-state index >= 15 is 0 Å². The predicted molar refractivity (Wildman–Crippen MR) is 59.8 cm³/mol. The molecule has 0 fully saturated rings. The van der Waals surface area contributed by atoms with Crippen molar-refractivity contribution in [1.29, 1.82) is 0 Å². The fourth-order valence-electron chi connectivity index (χ4n) is 1.43. The molecule has 0 radical (unpaired) electrons. The van der Waals surface area contributed by atoms with Crippen LogP contribution in [0.5, 0.6) is 11.5 Å². The van der Waals surface area contributed by atoms with E-state index in [1.807, 2.05) is 0 Å².